The third-order valence-corrected chi connectivity index (χ3v) is 5.52. The molecule has 0 unspecified atom stereocenters. The fraction of sp³-hybridized carbons (Fsp3) is 0. The minimum absolute atomic E-state index is 0.00923. The van der Waals surface area contributed by atoms with E-state index in [9.17, 15) is 13.2 Å². The summed E-state index contributed by atoms with van der Waals surface area (Å²) < 4.78 is 27.1. The van der Waals surface area contributed by atoms with E-state index in [0.29, 0.717) is 5.02 Å². The van der Waals surface area contributed by atoms with Gasteiger partial charge in [-0.1, -0.05) is 48.0 Å². The Bertz CT molecular complexity index is 972. The van der Waals surface area contributed by atoms with Gasteiger partial charge >= 0.3 is 0 Å². The number of sulfonamides is 1. The van der Waals surface area contributed by atoms with Gasteiger partial charge in [0.05, 0.1) is 10.6 Å². The fourth-order valence-electron chi connectivity index (χ4n) is 2.34. The molecule has 0 atom stereocenters. The molecule has 0 saturated heterocycles. The summed E-state index contributed by atoms with van der Waals surface area (Å²) in [6.07, 6.45) is 0. The van der Waals surface area contributed by atoms with Crippen LogP contribution in [-0.2, 0) is 10.0 Å². The molecule has 0 saturated carbocycles. The maximum Gasteiger partial charge on any atom is 0.272 e. The molecule has 25 heavy (non-hydrogen) atoms. The first-order valence-corrected chi connectivity index (χ1v) is 9.27. The third kappa shape index (κ3) is 3.57. The summed E-state index contributed by atoms with van der Waals surface area (Å²) >= 11 is 5.84. The van der Waals surface area contributed by atoms with Gasteiger partial charge in [0.2, 0.25) is 0 Å². The summed E-state index contributed by atoms with van der Waals surface area (Å²) in [5.74, 6) is -0.623. The molecule has 0 aliphatic heterocycles. The van der Waals surface area contributed by atoms with Crippen LogP contribution in [0.5, 0.6) is 0 Å². The summed E-state index contributed by atoms with van der Waals surface area (Å²) in [4.78, 5) is 12.9. The second kappa shape index (κ2) is 7.09. The SMILES string of the molecule is O=C(c1ccccc1)N(c1ccccc1)S(=O)(=O)c1ccc(Cl)cc1. The lowest BCUT2D eigenvalue weighted by Gasteiger charge is -2.22. The molecule has 0 aliphatic carbocycles. The quantitative estimate of drug-likeness (QED) is 0.684. The van der Waals surface area contributed by atoms with Crippen molar-refractivity contribution in [3.05, 3.63) is 95.5 Å². The number of nitrogens with zero attached hydrogens (tertiary/aromatic N) is 1. The summed E-state index contributed by atoms with van der Waals surface area (Å²) in [5.41, 5.74) is 0.551. The standard InChI is InChI=1S/C19H14ClNO3S/c20-16-11-13-18(14-12-16)25(23,24)21(17-9-5-2-6-10-17)19(22)15-7-3-1-4-8-15/h1-14H. The van der Waals surface area contributed by atoms with Gasteiger partial charge in [0, 0.05) is 10.6 Å². The molecular weight excluding hydrogens is 358 g/mol. The lowest BCUT2D eigenvalue weighted by Crippen LogP contribution is -2.37. The van der Waals surface area contributed by atoms with Gasteiger partial charge in [-0.15, -0.1) is 0 Å². The average Bonchev–Trinajstić information content (AvgIpc) is 2.63. The maximum absolute atomic E-state index is 13.1. The van der Waals surface area contributed by atoms with Crippen LogP contribution in [0.25, 0.3) is 0 Å². The van der Waals surface area contributed by atoms with Crippen molar-refractivity contribution >= 4 is 33.2 Å². The monoisotopic (exact) mass is 371 g/mol. The summed E-state index contributed by atoms with van der Waals surface area (Å²) in [6.45, 7) is 0. The van der Waals surface area contributed by atoms with Crippen molar-refractivity contribution in [3.8, 4) is 0 Å². The number of hydrogen-bond acceptors (Lipinski definition) is 3. The van der Waals surface area contributed by atoms with E-state index in [2.05, 4.69) is 0 Å². The molecule has 0 radical (unpaired) electrons. The van der Waals surface area contributed by atoms with E-state index in [4.69, 9.17) is 11.6 Å². The van der Waals surface area contributed by atoms with Crippen molar-refractivity contribution in [2.45, 2.75) is 4.90 Å². The number of amides is 1. The molecule has 3 rings (SSSR count). The van der Waals surface area contributed by atoms with Crippen LogP contribution in [0.2, 0.25) is 5.02 Å². The second-order valence-corrected chi connectivity index (χ2v) is 7.45. The Kier molecular flexibility index (Phi) is 4.88. The molecule has 0 bridgehead atoms. The lowest BCUT2D eigenvalue weighted by molar-refractivity contribution is 0.101. The van der Waals surface area contributed by atoms with Crippen molar-refractivity contribution in [1.29, 1.82) is 0 Å². The van der Waals surface area contributed by atoms with Gasteiger partial charge in [-0.25, -0.2) is 8.42 Å². The molecule has 0 heterocycles. The molecule has 0 spiro atoms. The molecule has 3 aromatic carbocycles. The van der Waals surface area contributed by atoms with Gasteiger partial charge in [0.25, 0.3) is 15.9 Å². The zero-order chi connectivity index (χ0) is 17.9. The molecule has 0 aliphatic rings. The van der Waals surface area contributed by atoms with Crippen LogP contribution in [-0.4, -0.2) is 14.3 Å². The highest BCUT2D eigenvalue weighted by Gasteiger charge is 2.31. The van der Waals surface area contributed by atoms with E-state index < -0.39 is 15.9 Å². The first-order valence-electron chi connectivity index (χ1n) is 7.45. The molecule has 6 heteroatoms. The molecule has 4 nitrogen and oxygen atoms in total. The van der Waals surface area contributed by atoms with Gasteiger partial charge in [0.1, 0.15) is 0 Å². The molecule has 0 fully saturated rings. The topological polar surface area (TPSA) is 54.5 Å². The van der Waals surface area contributed by atoms with Gasteiger partial charge in [0.15, 0.2) is 0 Å². The molecule has 0 N–H and O–H groups in total. The Hall–Kier alpha value is -2.63. The van der Waals surface area contributed by atoms with Gasteiger partial charge < -0.3 is 0 Å². The van der Waals surface area contributed by atoms with Crippen LogP contribution >= 0.6 is 11.6 Å². The van der Waals surface area contributed by atoms with Crippen LogP contribution < -0.4 is 4.31 Å². The molecule has 3 aromatic rings. The Labute approximate surface area is 151 Å². The lowest BCUT2D eigenvalue weighted by atomic mass is 10.2. The van der Waals surface area contributed by atoms with Crippen molar-refractivity contribution in [2.24, 2.45) is 0 Å². The van der Waals surface area contributed by atoms with Crippen LogP contribution in [0.15, 0.2) is 89.8 Å². The number of hydrogen-bond donors (Lipinski definition) is 0. The van der Waals surface area contributed by atoms with E-state index in [1.165, 1.54) is 24.3 Å². The van der Waals surface area contributed by atoms with Gasteiger partial charge in [-0.05, 0) is 48.5 Å². The average molecular weight is 372 g/mol. The maximum atomic E-state index is 13.1. The molecule has 0 aromatic heterocycles. The number of benzene rings is 3. The first-order chi connectivity index (χ1) is 12.0. The van der Waals surface area contributed by atoms with E-state index in [-0.39, 0.29) is 16.1 Å². The van der Waals surface area contributed by atoms with E-state index in [1.54, 1.807) is 60.7 Å². The number of rotatable bonds is 4. The zero-order valence-corrected chi connectivity index (χ0v) is 14.6. The van der Waals surface area contributed by atoms with E-state index >= 15 is 0 Å². The largest absolute Gasteiger partial charge is 0.272 e. The Morgan fingerprint density at radius 1 is 0.760 bits per heavy atom. The summed E-state index contributed by atoms with van der Waals surface area (Å²) in [6, 6.07) is 22.3. The van der Waals surface area contributed by atoms with Crippen molar-refractivity contribution in [1.82, 2.24) is 0 Å². The zero-order valence-electron chi connectivity index (χ0n) is 13.0. The minimum Gasteiger partial charge on any atom is -0.268 e. The van der Waals surface area contributed by atoms with Crippen LogP contribution in [0.3, 0.4) is 0 Å². The first kappa shape index (κ1) is 17.2. The molecule has 1 amide bonds. The van der Waals surface area contributed by atoms with Crippen LogP contribution in [0.1, 0.15) is 10.4 Å². The summed E-state index contributed by atoms with van der Waals surface area (Å²) in [7, 11) is -4.09. The van der Waals surface area contributed by atoms with Gasteiger partial charge in [-0.3, -0.25) is 4.79 Å². The Morgan fingerprint density at radius 3 is 1.84 bits per heavy atom. The molecule has 126 valence electrons. The highest BCUT2D eigenvalue weighted by atomic mass is 35.5. The minimum atomic E-state index is -4.09. The summed E-state index contributed by atoms with van der Waals surface area (Å²) in [5, 5.41) is 0.416. The van der Waals surface area contributed by atoms with Crippen LogP contribution in [0, 0.1) is 0 Å². The third-order valence-electron chi connectivity index (χ3n) is 3.55. The van der Waals surface area contributed by atoms with Gasteiger partial charge in [-0.2, -0.15) is 4.31 Å². The smallest absolute Gasteiger partial charge is 0.268 e. The van der Waals surface area contributed by atoms with Crippen molar-refractivity contribution in [2.75, 3.05) is 4.31 Å². The normalized spacial score (nSPS) is 11.1. The fourth-order valence-corrected chi connectivity index (χ4v) is 3.88. The Morgan fingerprint density at radius 2 is 1.28 bits per heavy atom. The van der Waals surface area contributed by atoms with Crippen LogP contribution in [0.4, 0.5) is 5.69 Å². The number of anilines is 1. The number of carbonyl (C=O) groups excluding carboxylic acids is 1. The highest BCUT2D eigenvalue weighted by molar-refractivity contribution is 7.93. The highest BCUT2D eigenvalue weighted by Crippen LogP contribution is 2.26. The number of carbonyl (C=O) groups is 1. The molecular formula is C19H14ClNO3S. The second-order valence-electron chi connectivity index (χ2n) is 5.23. The van der Waals surface area contributed by atoms with E-state index in [0.717, 1.165) is 4.31 Å². The Balaban J connectivity index is 2.15. The predicted molar refractivity (Wildman–Crippen MR) is 98.3 cm³/mol. The predicted octanol–water partition coefficient (Wildman–Crippen LogP) is 4.38. The van der Waals surface area contributed by atoms with E-state index in [1.807, 2.05) is 0 Å². The van der Waals surface area contributed by atoms with Crippen molar-refractivity contribution < 1.29 is 13.2 Å². The number of halogens is 1. The number of para-hydroxylation sites is 1. The van der Waals surface area contributed by atoms with Crippen molar-refractivity contribution in [3.63, 3.8) is 0 Å².